The minimum absolute atomic E-state index is 0.115. The van der Waals surface area contributed by atoms with E-state index in [1.807, 2.05) is 0 Å². The number of carboxylic acid groups (broad SMARTS) is 1. The summed E-state index contributed by atoms with van der Waals surface area (Å²) in [7, 11) is 0. The molecule has 0 amide bonds. The van der Waals surface area contributed by atoms with Crippen LogP contribution < -0.4 is 4.74 Å². The highest BCUT2D eigenvalue weighted by Gasteiger charge is 2.12. The molecule has 0 unspecified atom stereocenters. The average Bonchev–Trinajstić information content (AvgIpc) is 2.15. The van der Waals surface area contributed by atoms with Crippen LogP contribution in [-0.4, -0.2) is 22.7 Å². The van der Waals surface area contributed by atoms with Crippen molar-refractivity contribution in [2.75, 3.05) is 6.61 Å². The van der Waals surface area contributed by atoms with Gasteiger partial charge < -0.3 is 9.84 Å². The Kier molecular flexibility index (Phi) is 3.02. The third-order valence-corrected chi connectivity index (χ3v) is 1.49. The highest BCUT2D eigenvalue weighted by molar-refractivity contribution is 5.88. The lowest BCUT2D eigenvalue weighted by Gasteiger charge is -2.05. The number of aromatic nitrogens is 1. The first-order valence-electron chi connectivity index (χ1n) is 3.86. The third kappa shape index (κ3) is 2.20. The van der Waals surface area contributed by atoms with Gasteiger partial charge in [-0.25, -0.2) is 9.78 Å². The number of carbonyl (C=O) groups is 1. The van der Waals surface area contributed by atoms with Gasteiger partial charge in [-0.2, -0.15) is 5.26 Å². The number of nitriles is 1. The number of rotatable bonds is 3. The molecule has 0 bridgehead atoms. The molecule has 0 radical (unpaired) electrons. The van der Waals surface area contributed by atoms with Gasteiger partial charge in [0.15, 0.2) is 18.1 Å². The normalized spacial score (nSPS) is 9.14. The van der Waals surface area contributed by atoms with Crippen molar-refractivity contribution >= 4 is 5.97 Å². The van der Waals surface area contributed by atoms with Gasteiger partial charge in [0.1, 0.15) is 6.07 Å². The molecule has 0 saturated heterocycles. The molecule has 1 heterocycles. The molecule has 0 atom stereocenters. The van der Waals surface area contributed by atoms with Crippen LogP contribution in [0.5, 0.6) is 5.75 Å². The van der Waals surface area contributed by atoms with Crippen molar-refractivity contribution < 1.29 is 14.6 Å². The van der Waals surface area contributed by atoms with E-state index in [4.69, 9.17) is 15.1 Å². The van der Waals surface area contributed by atoms with Gasteiger partial charge in [-0.3, -0.25) is 0 Å². The van der Waals surface area contributed by atoms with E-state index in [2.05, 4.69) is 4.98 Å². The molecular weight excluding hydrogens is 184 g/mol. The highest BCUT2D eigenvalue weighted by atomic mass is 16.5. The first-order chi connectivity index (χ1) is 6.65. The van der Waals surface area contributed by atoms with E-state index in [0.717, 1.165) is 0 Å². The van der Waals surface area contributed by atoms with Crippen LogP contribution in [0, 0.1) is 18.3 Å². The Morgan fingerprint density at radius 3 is 3.00 bits per heavy atom. The summed E-state index contributed by atoms with van der Waals surface area (Å²) in [5, 5.41) is 17.0. The van der Waals surface area contributed by atoms with Gasteiger partial charge in [0.2, 0.25) is 0 Å². The number of carboxylic acids is 1. The van der Waals surface area contributed by atoms with Crippen molar-refractivity contribution in [2.24, 2.45) is 0 Å². The van der Waals surface area contributed by atoms with Gasteiger partial charge in [0, 0.05) is 5.69 Å². The van der Waals surface area contributed by atoms with E-state index in [0.29, 0.717) is 5.69 Å². The van der Waals surface area contributed by atoms with Crippen molar-refractivity contribution in [3.8, 4) is 11.8 Å². The van der Waals surface area contributed by atoms with E-state index < -0.39 is 5.97 Å². The SMILES string of the molecule is Cc1ccc(OCC#N)c(C(=O)O)n1. The molecule has 0 aliphatic carbocycles. The van der Waals surface area contributed by atoms with Gasteiger partial charge in [-0.05, 0) is 19.1 Å². The van der Waals surface area contributed by atoms with E-state index >= 15 is 0 Å². The number of nitrogens with zero attached hydrogens (tertiary/aromatic N) is 2. The van der Waals surface area contributed by atoms with E-state index in [1.165, 1.54) is 6.07 Å². The topological polar surface area (TPSA) is 83.2 Å². The van der Waals surface area contributed by atoms with Crippen LogP contribution in [-0.2, 0) is 0 Å². The maximum atomic E-state index is 10.7. The lowest BCUT2D eigenvalue weighted by molar-refractivity contribution is 0.0685. The Balaban J connectivity index is 3.03. The van der Waals surface area contributed by atoms with Crippen molar-refractivity contribution in [2.45, 2.75) is 6.92 Å². The lowest BCUT2D eigenvalue weighted by atomic mass is 10.3. The van der Waals surface area contributed by atoms with E-state index in [9.17, 15) is 4.79 Å². The molecule has 1 aromatic heterocycles. The number of hydrogen-bond donors (Lipinski definition) is 1. The van der Waals surface area contributed by atoms with Crippen LogP contribution in [0.25, 0.3) is 0 Å². The monoisotopic (exact) mass is 192 g/mol. The molecule has 0 aliphatic heterocycles. The van der Waals surface area contributed by atoms with Crippen LogP contribution in [0.3, 0.4) is 0 Å². The van der Waals surface area contributed by atoms with Crippen molar-refractivity contribution in [3.63, 3.8) is 0 Å². The summed E-state index contributed by atoms with van der Waals surface area (Å²) in [5.41, 5.74) is 0.423. The van der Waals surface area contributed by atoms with Crippen molar-refractivity contribution in [3.05, 3.63) is 23.5 Å². The smallest absolute Gasteiger partial charge is 0.358 e. The van der Waals surface area contributed by atoms with Gasteiger partial charge in [-0.15, -0.1) is 0 Å². The zero-order valence-electron chi connectivity index (χ0n) is 7.52. The molecule has 0 aromatic carbocycles. The standard InChI is InChI=1S/C9H8N2O3/c1-6-2-3-7(14-5-4-10)8(11-6)9(12)13/h2-3H,5H2,1H3,(H,12,13). The summed E-state index contributed by atoms with van der Waals surface area (Å²) < 4.78 is 4.90. The van der Waals surface area contributed by atoms with Crippen LogP contribution in [0.4, 0.5) is 0 Å². The number of pyridine rings is 1. The predicted octanol–water partition coefficient (Wildman–Crippen LogP) is 0.991. The van der Waals surface area contributed by atoms with Gasteiger partial charge in [0.05, 0.1) is 0 Å². The van der Waals surface area contributed by atoms with Crippen LogP contribution in [0.2, 0.25) is 0 Å². The van der Waals surface area contributed by atoms with E-state index in [1.54, 1.807) is 19.1 Å². The molecule has 5 nitrogen and oxygen atoms in total. The number of aryl methyl sites for hydroxylation is 1. The molecule has 72 valence electrons. The third-order valence-electron chi connectivity index (χ3n) is 1.49. The van der Waals surface area contributed by atoms with Crippen molar-refractivity contribution in [1.29, 1.82) is 5.26 Å². The molecule has 14 heavy (non-hydrogen) atoms. The number of ether oxygens (including phenoxy) is 1. The summed E-state index contributed by atoms with van der Waals surface area (Å²) in [5.74, 6) is -1.05. The second-order valence-corrected chi connectivity index (χ2v) is 2.55. The first-order valence-corrected chi connectivity index (χ1v) is 3.86. The second kappa shape index (κ2) is 4.23. The Hall–Kier alpha value is -2.09. The zero-order valence-corrected chi connectivity index (χ0v) is 7.52. The molecule has 0 fully saturated rings. The first kappa shape index (κ1) is 9.99. The van der Waals surface area contributed by atoms with Crippen LogP contribution >= 0.6 is 0 Å². The molecule has 1 rings (SSSR count). The van der Waals surface area contributed by atoms with Gasteiger partial charge in [0.25, 0.3) is 0 Å². The molecule has 0 spiro atoms. The van der Waals surface area contributed by atoms with E-state index in [-0.39, 0.29) is 18.1 Å². The molecule has 1 N–H and O–H groups in total. The molecule has 0 aliphatic rings. The van der Waals surface area contributed by atoms with Gasteiger partial charge in [-0.1, -0.05) is 0 Å². The lowest BCUT2D eigenvalue weighted by Crippen LogP contribution is -2.06. The highest BCUT2D eigenvalue weighted by Crippen LogP contribution is 2.16. The Labute approximate surface area is 80.6 Å². The fraction of sp³-hybridized carbons (Fsp3) is 0.222. The van der Waals surface area contributed by atoms with Gasteiger partial charge >= 0.3 is 5.97 Å². The fourth-order valence-electron chi connectivity index (χ4n) is 0.924. The molecule has 5 heteroatoms. The molecule has 1 aromatic rings. The summed E-state index contributed by atoms with van der Waals surface area (Å²) in [6.07, 6.45) is 0. The summed E-state index contributed by atoms with van der Waals surface area (Å²) >= 11 is 0. The van der Waals surface area contributed by atoms with Crippen LogP contribution in [0.1, 0.15) is 16.2 Å². The predicted molar refractivity (Wildman–Crippen MR) is 47.0 cm³/mol. The largest absolute Gasteiger partial charge is 0.476 e. The Morgan fingerprint density at radius 1 is 1.71 bits per heavy atom. The zero-order chi connectivity index (χ0) is 10.6. The maximum absolute atomic E-state index is 10.7. The second-order valence-electron chi connectivity index (χ2n) is 2.55. The minimum atomic E-state index is -1.17. The quantitative estimate of drug-likeness (QED) is 0.772. The minimum Gasteiger partial charge on any atom is -0.476 e. The Bertz CT molecular complexity index is 396. The fourth-order valence-corrected chi connectivity index (χ4v) is 0.924. The van der Waals surface area contributed by atoms with Crippen molar-refractivity contribution in [1.82, 2.24) is 4.98 Å². The number of aromatic carboxylic acids is 1. The molecular formula is C9H8N2O3. The molecule has 0 saturated carbocycles. The number of hydrogen-bond acceptors (Lipinski definition) is 4. The maximum Gasteiger partial charge on any atom is 0.358 e. The summed E-state index contributed by atoms with van der Waals surface area (Å²) in [4.78, 5) is 14.5. The average molecular weight is 192 g/mol. The summed E-state index contributed by atoms with van der Waals surface area (Å²) in [6.45, 7) is 1.49. The Morgan fingerprint density at radius 2 is 2.43 bits per heavy atom. The van der Waals surface area contributed by atoms with Crippen LogP contribution in [0.15, 0.2) is 12.1 Å². The summed E-state index contributed by atoms with van der Waals surface area (Å²) in [6, 6.07) is 4.87.